The molecule has 30 heavy (non-hydrogen) atoms. The molecule has 1 aromatic carbocycles. The fourth-order valence-electron chi connectivity index (χ4n) is 3.33. The third-order valence-electron chi connectivity index (χ3n) is 5.14. The van der Waals surface area contributed by atoms with Gasteiger partial charge in [-0.25, -0.2) is 13.1 Å². The number of furan rings is 1. The van der Waals surface area contributed by atoms with E-state index in [-0.39, 0.29) is 22.6 Å². The molecule has 0 atom stereocenters. The molecule has 1 aliphatic rings. The summed E-state index contributed by atoms with van der Waals surface area (Å²) in [7, 11) is -3.54. The molecule has 0 spiro atoms. The molecule has 0 aliphatic carbocycles. The number of rotatable bonds is 8. The van der Waals surface area contributed by atoms with Crippen molar-refractivity contribution in [3.8, 4) is 0 Å². The predicted octanol–water partition coefficient (Wildman–Crippen LogP) is 2.85. The lowest BCUT2D eigenvalue weighted by molar-refractivity contribution is -0.121. The highest BCUT2D eigenvalue weighted by Gasteiger charge is 2.28. The number of sulfonamides is 1. The molecule has 1 aromatic heterocycles. The van der Waals surface area contributed by atoms with Crippen molar-refractivity contribution in [2.45, 2.75) is 37.5 Å². The molecule has 2 amide bonds. The number of carbonyl (C=O) groups is 2. The van der Waals surface area contributed by atoms with Crippen molar-refractivity contribution in [2.24, 2.45) is 5.92 Å². The number of hydrogen-bond donors (Lipinski definition) is 2. The van der Waals surface area contributed by atoms with Gasteiger partial charge in [0, 0.05) is 31.2 Å². The average Bonchev–Trinajstić information content (AvgIpc) is 3.29. The van der Waals surface area contributed by atoms with Crippen LogP contribution < -0.4 is 10.0 Å². The number of nitrogens with zero attached hydrogens (tertiary/aromatic N) is 1. The number of carbonyl (C=O) groups excluding carboxylic acids is 2. The number of unbranched alkanes of at least 4 members (excludes halogenated alkanes) is 1. The number of anilines is 1. The summed E-state index contributed by atoms with van der Waals surface area (Å²) in [6, 6.07) is 9.43. The zero-order valence-corrected chi connectivity index (χ0v) is 17.8. The van der Waals surface area contributed by atoms with E-state index >= 15 is 0 Å². The Morgan fingerprint density at radius 1 is 1.13 bits per heavy atom. The Bertz CT molecular complexity index is 947. The Hall–Kier alpha value is -2.65. The number of piperidine rings is 1. The monoisotopic (exact) mass is 433 g/mol. The van der Waals surface area contributed by atoms with Crippen molar-refractivity contribution in [3.05, 3.63) is 48.4 Å². The van der Waals surface area contributed by atoms with Gasteiger partial charge < -0.3 is 14.6 Å². The van der Waals surface area contributed by atoms with Gasteiger partial charge in [-0.15, -0.1) is 0 Å². The van der Waals surface area contributed by atoms with Crippen LogP contribution in [0.3, 0.4) is 0 Å². The fraction of sp³-hybridized carbons (Fsp3) is 0.429. The molecule has 0 saturated carbocycles. The highest BCUT2D eigenvalue weighted by atomic mass is 32.2. The summed E-state index contributed by atoms with van der Waals surface area (Å²) in [6.45, 7) is 3.36. The van der Waals surface area contributed by atoms with Crippen LogP contribution in [-0.4, -0.2) is 44.8 Å². The summed E-state index contributed by atoms with van der Waals surface area (Å²) in [5.74, 6) is -0.193. The van der Waals surface area contributed by atoms with Crippen molar-refractivity contribution in [1.29, 1.82) is 0 Å². The second kappa shape index (κ2) is 9.90. The number of likely N-dealkylation sites (tertiary alicyclic amines) is 1. The van der Waals surface area contributed by atoms with E-state index in [1.165, 1.54) is 18.4 Å². The maximum absolute atomic E-state index is 12.6. The largest absolute Gasteiger partial charge is 0.459 e. The van der Waals surface area contributed by atoms with Crippen molar-refractivity contribution < 1.29 is 22.4 Å². The molecular weight excluding hydrogens is 406 g/mol. The first-order valence-corrected chi connectivity index (χ1v) is 11.6. The number of nitrogens with one attached hydrogen (secondary N) is 2. The van der Waals surface area contributed by atoms with Gasteiger partial charge in [0.05, 0.1) is 11.2 Å². The van der Waals surface area contributed by atoms with E-state index in [1.54, 1.807) is 29.2 Å². The lowest BCUT2D eigenvalue weighted by atomic mass is 9.95. The van der Waals surface area contributed by atoms with Gasteiger partial charge in [-0.05, 0) is 55.7 Å². The molecule has 2 aromatic rings. The van der Waals surface area contributed by atoms with E-state index in [1.807, 2.05) is 6.92 Å². The standard InChI is InChI=1S/C21H27N3O5S/c1-2-3-12-22-30(27,28)18-8-6-17(7-9-18)23-20(25)16-10-13-24(14-11-16)21(26)19-5-4-15-29-19/h4-9,15-16,22H,2-3,10-14H2,1H3,(H,23,25). The Morgan fingerprint density at radius 3 is 2.43 bits per heavy atom. The minimum Gasteiger partial charge on any atom is -0.459 e. The van der Waals surface area contributed by atoms with Crippen molar-refractivity contribution in [1.82, 2.24) is 9.62 Å². The van der Waals surface area contributed by atoms with E-state index in [0.29, 0.717) is 43.9 Å². The van der Waals surface area contributed by atoms with E-state index in [4.69, 9.17) is 4.42 Å². The van der Waals surface area contributed by atoms with Crippen molar-refractivity contribution in [3.63, 3.8) is 0 Å². The maximum atomic E-state index is 12.6. The van der Waals surface area contributed by atoms with E-state index in [9.17, 15) is 18.0 Å². The van der Waals surface area contributed by atoms with Crippen LogP contribution in [0.5, 0.6) is 0 Å². The first-order chi connectivity index (χ1) is 14.4. The lowest BCUT2D eigenvalue weighted by Gasteiger charge is -2.30. The molecule has 8 nitrogen and oxygen atoms in total. The summed E-state index contributed by atoms with van der Waals surface area (Å²) in [6.07, 6.45) is 4.27. The highest BCUT2D eigenvalue weighted by molar-refractivity contribution is 7.89. The second-order valence-electron chi connectivity index (χ2n) is 7.31. The van der Waals surface area contributed by atoms with Gasteiger partial charge in [-0.2, -0.15) is 0 Å². The minimum absolute atomic E-state index is 0.128. The third-order valence-corrected chi connectivity index (χ3v) is 6.62. The van der Waals surface area contributed by atoms with Crippen LogP contribution >= 0.6 is 0 Å². The Morgan fingerprint density at radius 2 is 1.83 bits per heavy atom. The fourth-order valence-corrected chi connectivity index (χ4v) is 4.40. The molecule has 162 valence electrons. The van der Waals surface area contributed by atoms with Gasteiger partial charge in [0.1, 0.15) is 0 Å². The summed E-state index contributed by atoms with van der Waals surface area (Å²) < 4.78 is 32.1. The third kappa shape index (κ3) is 5.48. The van der Waals surface area contributed by atoms with E-state index in [2.05, 4.69) is 10.0 Å². The van der Waals surface area contributed by atoms with E-state index in [0.717, 1.165) is 12.8 Å². The van der Waals surface area contributed by atoms with Gasteiger partial charge in [0.25, 0.3) is 5.91 Å². The van der Waals surface area contributed by atoms with Gasteiger partial charge in [-0.3, -0.25) is 9.59 Å². The molecule has 0 unspecified atom stereocenters. The van der Waals surface area contributed by atoms with Crippen LogP contribution in [0.1, 0.15) is 43.2 Å². The zero-order chi connectivity index (χ0) is 21.6. The van der Waals surface area contributed by atoms with Crippen molar-refractivity contribution >= 4 is 27.5 Å². The normalized spacial score (nSPS) is 15.2. The summed E-state index contributed by atoms with van der Waals surface area (Å²) in [4.78, 5) is 26.7. The molecule has 0 bridgehead atoms. The van der Waals surface area contributed by atoms with Crippen LogP contribution in [0.2, 0.25) is 0 Å². The van der Waals surface area contributed by atoms with E-state index < -0.39 is 10.0 Å². The molecule has 0 radical (unpaired) electrons. The predicted molar refractivity (Wildman–Crippen MR) is 113 cm³/mol. The molecular formula is C21H27N3O5S. The molecule has 9 heteroatoms. The first-order valence-electron chi connectivity index (χ1n) is 10.1. The zero-order valence-electron chi connectivity index (χ0n) is 17.0. The Kier molecular flexibility index (Phi) is 7.28. The average molecular weight is 434 g/mol. The second-order valence-corrected chi connectivity index (χ2v) is 9.08. The summed E-state index contributed by atoms with van der Waals surface area (Å²) in [5.41, 5.74) is 0.543. The van der Waals surface area contributed by atoms with Crippen LogP contribution in [0.15, 0.2) is 52.0 Å². The van der Waals surface area contributed by atoms with Crippen LogP contribution in [0, 0.1) is 5.92 Å². The lowest BCUT2D eigenvalue weighted by Crippen LogP contribution is -2.41. The van der Waals surface area contributed by atoms with Crippen LogP contribution in [0.4, 0.5) is 5.69 Å². The Balaban J connectivity index is 1.51. The number of hydrogen-bond acceptors (Lipinski definition) is 5. The highest BCUT2D eigenvalue weighted by Crippen LogP contribution is 2.22. The van der Waals surface area contributed by atoms with Gasteiger partial charge >= 0.3 is 0 Å². The molecule has 2 N–H and O–H groups in total. The molecule has 1 fully saturated rings. The van der Waals surface area contributed by atoms with Crippen LogP contribution in [-0.2, 0) is 14.8 Å². The Labute approximate surface area is 176 Å². The SMILES string of the molecule is CCCCNS(=O)(=O)c1ccc(NC(=O)C2CCN(C(=O)c3ccco3)CC2)cc1. The quantitative estimate of drug-likeness (QED) is 0.622. The molecule has 1 saturated heterocycles. The maximum Gasteiger partial charge on any atom is 0.289 e. The van der Waals surface area contributed by atoms with Gasteiger partial charge in [0.2, 0.25) is 15.9 Å². The summed E-state index contributed by atoms with van der Waals surface area (Å²) in [5, 5.41) is 2.84. The van der Waals surface area contributed by atoms with Gasteiger partial charge in [-0.1, -0.05) is 13.3 Å². The van der Waals surface area contributed by atoms with Crippen molar-refractivity contribution in [2.75, 3.05) is 25.0 Å². The number of benzene rings is 1. The van der Waals surface area contributed by atoms with Crippen LogP contribution in [0.25, 0.3) is 0 Å². The van der Waals surface area contributed by atoms with Gasteiger partial charge in [0.15, 0.2) is 5.76 Å². The molecule has 2 heterocycles. The molecule has 1 aliphatic heterocycles. The smallest absolute Gasteiger partial charge is 0.289 e. The first kappa shape index (κ1) is 22.0. The molecule has 3 rings (SSSR count). The topological polar surface area (TPSA) is 109 Å². The number of amides is 2. The summed E-state index contributed by atoms with van der Waals surface area (Å²) >= 11 is 0. The minimum atomic E-state index is -3.54.